The molecule has 0 aliphatic heterocycles. The molecule has 0 radical (unpaired) electrons. The maximum atomic E-state index is 3.30. The summed E-state index contributed by atoms with van der Waals surface area (Å²) in [5, 5.41) is 3.30. The summed E-state index contributed by atoms with van der Waals surface area (Å²) in [5.74, 6) is 5.86. The quantitative estimate of drug-likeness (QED) is 0.566. The van der Waals surface area contributed by atoms with Crippen LogP contribution in [0.5, 0.6) is 0 Å². The van der Waals surface area contributed by atoms with Crippen LogP contribution < -0.4 is 5.32 Å². The van der Waals surface area contributed by atoms with E-state index in [0.717, 1.165) is 13.1 Å². The molecule has 0 saturated heterocycles. The lowest BCUT2D eigenvalue weighted by molar-refractivity contribution is 0.764. The lowest BCUT2D eigenvalue weighted by Crippen LogP contribution is -2.14. The van der Waals surface area contributed by atoms with Crippen molar-refractivity contribution in [2.75, 3.05) is 6.54 Å². The highest BCUT2D eigenvalue weighted by molar-refractivity contribution is 5.32. The van der Waals surface area contributed by atoms with E-state index in [1.165, 1.54) is 16.7 Å². The Morgan fingerprint density at radius 1 is 1.29 bits per heavy atom. The molecule has 0 aliphatic carbocycles. The van der Waals surface area contributed by atoms with Gasteiger partial charge in [0.1, 0.15) is 0 Å². The summed E-state index contributed by atoms with van der Waals surface area (Å²) in [5.41, 5.74) is 4.10. The Labute approximate surface area is 86.5 Å². The molecule has 0 fully saturated rings. The minimum Gasteiger partial charge on any atom is -0.302 e. The van der Waals surface area contributed by atoms with Crippen LogP contribution in [0.25, 0.3) is 0 Å². The number of hydrogen-bond acceptors (Lipinski definition) is 1. The zero-order valence-corrected chi connectivity index (χ0v) is 9.15. The van der Waals surface area contributed by atoms with Crippen LogP contribution in [0, 0.1) is 25.7 Å². The Morgan fingerprint density at radius 3 is 2.79 bits per heavy atom. The Kier molecular flexibility index (Phi) is 4.22. The van der Waals surface area contributed by atoms with E-state index in [0.29, 0.717) is 0 Å². The lowest BCUT2D eigenvalue weighted by Gasteiger charge is -2.07. The van der Waals surface area contributed by atoms with Gasteiger partial charge in [-0.3, -0.25) is 0 Å². The topological polar surface area (TPSA) is 12.0 Å². The molecule has 0 aromatic heterocycles. The van der Waals surface area contributed by atoms with Crippen LogP contribution in [0.3, 0.4) is 0 Å². The molecule has 0 aliphatic rings. The van der Waals surface area contributed by atoms with Gasteiger partial charge in [0.05, 0.1) is 6.54 Å². The zero-order chi connectivity index (χ0) is 10.4. The molecule has 1 aromatic carbocycles. The molecule has 1 rings (SSSR count). The minimum atomic E-state index is 0.768. The summed E-state index contributed by atoms with van der Waals surface area (Å²) in [6.45, 7) is 7.84. The summed E-state index contributed by atoms with van der Waals surface area (Å²) in [7, 11) is 0. The van der Waals surface area contributed by atoms with Crippen molar-refractivity contribution < 1.29 is 0 Å². The van der Waals surface area contributed by atoms with Gasteiger partial charge in [-0.2, -0.15) is 0 Å². The van der Waals surface area contributed by atoms with Crippen LogP contribution >= 0.6 is 0 Å². The van der Waals surface area contributed by atoms with Crippen molar-refractivity contribution in [3.63, 3.8) is 0 Å². The van der Waals surface area contributed by atoms with E-state index in [2.05, 4.69) is 49.2 Å². The highest BCUT2D eigenvalue weighted by Gasteiger charge is 1.98. The van der Waals surface area contributed by atoms with Crippen LogP contribution in [0.1, 0.15) is 23.6 Å². The van der Waals surface area contributed by atoms with E-state index < -0.39 is 0 Å². The minimum absolute atomic E-state index is 0.768. The van der Waals surface area contributed by atoms with Crippen molar-refractivity contribution in [3.05, 3.63) is 34.9 Å². The number of hydrogen-bond donors (Lipinski definition) is 1. The van der Waals surface area contributed by atoms with Crippen molar-refractivity contribution >= 4 is 0 Å². The maximum Gasteiger partial charge on any atom is 0.0579 e. The number of benzene rings is 1. The van der Waals surface area contributed by atoms with E-state index in [1.54, 1.807) is 0 Å². The fourth-order valence-electron chi connectivity index (χ4n) is 1.35. The highest BCUT2D eigenvalue weighted by Crippen LogP contribution is 2.11. The van der Waals surface area contributed by atoms with Gasteiger partial charge in [-0.05, 0) is 37.5 Å². The van der Waals surface area contributed by atoms with Gasteiger partial charge < -0.3 is 5.32 Å². The predicted molar refractivity (Wildman–Crippen MR) is 61.1 cm³/mol. The first-order chi connectivity index (χ1) is 6.75. The normalized spacial score (nSPS) is 9.36. The Morgan fingerprint density at radius 2 is 2.07 bits per heavy atom. The van der Waals surface area contributed by atoms with Gasteiger partial charge in [0.25, 0.3) is 0 Å². The maximum absolute atomic E-state index is 3.30. The average Bonchev–Trinajstić information content (AvgIpc) is 2.19. The molecule has 1 nitrogen and oxygen atoms in total. The van der Waals surface area contributed by atoms with Crippen LogP contribution in [-0.2, 0) is 6.54 Å². The first-order valence-corrected chi connectivity index (χ1v) is 4.91. The molecule has 1 N–H and O–H groups in total. The second-order valence-corrected chi connectivity index (χ2v) is 3.39. The molecule has 1 heteroatoms. The molecule has 0 heterocycles. The fraction of sp³-hybridized carbons (Fsp3) is 0.385. The van der Waals surface area contributed by atoms with Gasteiger partial charge in [-0.25, -0.2) is 0 Å². The largest absolute Gasteiger partial charge is 0.302 e. The number of rotatable bonds is 3. The Balaban J connectivity index is 2.57. The molecule has 1 aromatic rings. The van der Waals surface area contributed by atoms with Crippen LogP contribution in [0.2, 0.25) is 0 Å². The summed E-state index contributed by atoms with van der Waals surface area (Å²) in [6, 6.07) is 6.41. The third kappa shape index (κ3) is 2.90. The summed E-state index contributed by atoms with van der Waals surface area (Å²) in [6.07, 6.45) is 0. The van der Waals surface area contributed by atoms with Gasteiger partial charge in [0.15, 0.2) is 0 Å². The standard InChI is InChI=1S/C13H17N/c1-4-5-9-14-10-13-8-6-7-11(2)12(13)3/h6-8,14H,9-10H2,1-3H3. The van der Waals surface area contributed by atoms with Crippen LogP contribution in [0.15, 0.2) is 18.2 Å². The predicted octanol–water partition coefficient (Wildman–Crippen LogP) is 2.42. The van der Waals surface area contributed by atoms with E-state index >= 15 is 0 Å². The molecule has 0 atom stereocenters. The van der Waals surface area contributed by atoms with Gasteiger partial charge in [-0.1, -0.05) is 24.1 Å². The second kappa shape index (κ2) is 5.47. The van der Waals surface area contributed by atoms with E-state index in [4.69, 9.17) is 0 Å². The van der Waals surface area contributed by atoms with Crippen molar-refractivity contribution in [3.8, 4) is 11.8 Å². The molecular formula is C13H17N. The summed E-state index contributed by atoms with van der Waals surface area (Å²) >= 11 is 0. The molecule has 0 saturated carbocycles. The van der Waals surface area contributed by atoms with Crippen molar-refractivity contribution in [2.45, 2.75) is 27.3 Å². The molecule has 14 heavy (non-hydrogen) atoms. The van der Waals surface area contributed by atoms with Gasteiger partial charge in [0.2, 0.25) is 0 Å². The van der Waals surface area contributed by atoms with E-state index in [1.807, 2.05) is 6.92 Å². The van der Waals surface area contributed by atoms with Crippen LogP contribution in [0.4, 0.5) is 0 Å². The summed E-state index contributed by atoms with van der Waals surface area (Å²) in [4.78, 5) is 0. The van der Waals surface area contributed by atoms with E-state index in [-0.39, 0.29) is 0 Å². The van der Waals surface area contributed by atoms with Gasteiger partial charge in [0, 0.05) is 6.54 Å². The third-order valence-electron chi connectivity index (χ3n) is 2.42. The fourth-order valence-corrected chi connectivity index (χ4v) is 1.35. The molecule has 0 unspecified atom stereocenters. The Bertz CT molecular complexity index is 355. The SMILES string of the molecule is CC#CCNCc1cccc(C)c1C. The smallest absolute Gasteiger partial charge is 0.0579 e. The summed E-state index contributed by atoms with van der Waals surface area (Å²) < 4.78 is 0. The molecule has 0 amide bonds. The first kappa shape index (κ1) is 10.8. The van der Waals surface area contributed by atoms with Gasteiger partial charge >= 0.3 is 0 Å². The van der Waals surface area contributed by atoms with Gasteiger partial charge in [-0.15, -0.1) is 5.92 Å². The lowest BCUT2D eigenvalue weighted by atomic mass is 10.0. The van der Waals surface area contributed by atoms with Crippen molar-refractivity contribution in [1.29, 1.82) is 0 Å². The average molecular weight is 187 g/mol. The molecule has 0 spiro atoms. The first-order valence-electron chi connectivity index (χ1n) is 4.91. The third-order valence-corrected chi connectivity index (χ3v) is 2.42. The van der Waals surface area contributed by atoms with E-state index in [9.17, 15) is 0 Å². The second-order valence-electron chi connectivity index (χ2n) is 3.39. The Hall–Kier alpha value is -1.26. The van der Waals surface area contributed by atoms with Crippen LogP contribution in [-0.4, -0.2) is 6.54 Å². The monoisotopic (exact) mass is 187 g/mol. The molecule has 74 valence electrons. The van der Waals surface area contributed by atoms with Crippen molar-refractivity contribution in [2.24, 2.45) is 0 Å². The number of aryl methyl sites for hydroxylation is 1. The number of nitrogens with one attached hydrogen (secondary N) is 1. The molecule has 0 bridgehead atoms. The zero-order valence-electron chi connectivity index (χ0n) is 9.15. The highest BCUT2D eigenvalue weighted by atomic mass is 14.8. The van der Waals surface area contributed by atoms with Crippen molar-refractivity contribution in [1.82, 2.24) is 5.32 Å². The molecular weight excluding hydrogens is 170 g/mol.